The van der Waals surface area contributed by atoms with Crippen molar-refractivity contribution in [3.8, 4) is 5.75 Å². The molecule has 1 N–H and O–H groups in total. The summed E-state index contributed by atoms with van der Waals surface area (Å²) in [4.78, 5) is 15.6. The Labute approximate surface area is 104 Å². The number of methoxy groups -OCH3 is 1. The van der Waals surface area contributed by atoms with Gasteiger partial charge in [-0.2, -0.15) is 0 Å². The predicted molar refractivity (Wildman–Crippen MR) is 68.9 cm³/mol. The van der Waals surface area contributed by atoms with Crippen molar-refractivity contribution in [1.82, 2.24) is 9.88 Å². The van der Waals surface area contributed by atoms with E-state index in [4.69, 9.17) is 4.74 Å². The van der Waals surface area contributed by atoms with Crippen molar-refractivity contribution in [3.05, 3.63) is 34.0 Å². The number of aromatic amines is 1. The molecule has 6 nitrogen and oxygen atoms in total. The molecule has 96 valence electrons. The highest BCUT2D eigenvalue weighted by atomic mass is 16.6. The van der Waals surface area contributed by atoms with Gasteiger partial charge in [0.1, 0.15) is 11.3 Å². The first-order valence-corrected chi connectivity index (χ1v) is 5.50. The average molecular weight is 249 g/mol. The lowest BCUT2D eigenvalue weighted by atomic mass is 10.1. The zero-order chi connectivity index (χ0) is 13.3. The lowest BCUT2D eigenvalue weighted by molar-refractivity contribution is -0.383. The topological polar surface area (TPSA) is 71.4 Å². The molecule has 0 saturated heterocycles. The van der Waals surface area contributed by atoms with Gasteiger partial charge < -0.3 is 14.6 Å². The van der Waals surface area contributed by atoms with E-state index in [1.165, 1.54) is 13.2 Å². The summed E-state index contributed by atoms with van der Waals surface area (Å²) in [6.07, 6.45) is 1.80. The van der Waals surface area contributed by atoms with Crippen LogP contribution in [0.15, 0.2) is 18.3 Å². The lowest BCUT2D eigenvalue weighted by Gasteiger charge is -2.08. The minimum absolute atomic E-state index is 0.0364. The summed E-state index contributed by atoms with van der Waals surface area (Å²) < 4.78 is 5.11. The molecule has 1 aromatic heterocycles. The molecule has 0 fully saturated rings. The Morgan fingerprint density at radius 3 is 2.72 bits per heavy atom. The van der Waals surface area contributed by atoms with Gasteiger partial charge >= 0.3 is 0 Å². The second-order valence-corrected chi connectivity index (χ2v) is 4.38. The van der Waals surface area contributed by atoms with E-state index >= 15 is 0 Å². The highest BCUT2D eigenvalue weighted by Crippen LogP contribution is 2.32. The van der Waals surface area contributed by atoms with E-state index in [1.807, 2.05) is 25.1 Å². The van der Waals surface area contributed by atoms with E-state index < -0.39 is 4.92 Å². The van der Waals surface area contributed by atoms with E-state index in [9.17, 15) is 10.1 Å². The Bertz CT molecular complexity index is 590. The van der Waals surface area contributed by atoms with E-state index in [-0.39, 0.29) is 5.69 Å². The van der Waals surface area contributed by atoms with Crippen LogP contribution in [-0.4, -0.2) is 36.0 Å². The van der Waals surface area contributed by atoms with Crippen LogP contribution in [0.25, 0.3) is 10.9 Å². The second kappa shape index (κ2) is 4.66. The fourth-order valence-electron chi connectivity index (χ4n) is 1.98. The van der Waals surface area contributed by atoms with Crippen molar-refractivity contribution in [3.63, 3.8) is 0 Å². The first-order valence-electron chi connectivity index (χ1n) is 5.50. The Kier molecular flexibility index (Phi) is 3.20. The summed E-state index contributed by atoms with van der Waals surface area (Å²) in [6.45, 7) is 0.713. The number of hydrogen-bond donors (Lipinski definition) is 1. The third-order valence-corrected chi connectivity index (χ3v) is 2.75. The van der Waals surface area contributed by atoms with Gasteiger partial charge in [-0.1, -0.05) is 0 Å². The Hall–Kier alpha value is -2.08. The zero-order valence-corrected chi connectivity index (χ0v) is 10.6. The highest BCUT2D eigenvalue weighted by molar-refractivity contribution is 5.92. The van der Waals surface area contributed by atoms with Crippen molar-refractivity contribution in [2.75, 3.05) is 21.2 Å². The molecule has 6 heteroatoms. The van der Waals surface area contributed by atoms with Gasteiger partial charge in [-0.3, -0.25) is 10.1 Å². The van der Waals surface area contributed by atoms with Crippen LogP contribution >= 0.6 is 0 Å². The minimum Gasteiger partial charge on any atom is -0.496 e. The number of nitro benzene ring substituents is 1. The van der Waals surface area contributed by atoms with E-state index in [0.717, 1.165) is 10.9 Å². The quantitative estimate of drug-likeness (QED) is 0.665. The summed E-state index contributed by atoms with van der Waals surface area (Å²) in [5.41, 5.74) is 1.59. The largest absolute Gasteiger partial charge is 0.496 e. The molecule has 1 aromatic carbocycles. The van der Waals surface area contributed by atoms with Gasteiger partial charge in [-0.25, -0.2) is 0 Å². The SMILES string of the molecule is COc1cc([N+](=O)[O-])c2[nH]cc(CN(C)C)c2c1. The molecular weight excluding hydrogens is 234 g/mol. The monoisotopic (exact) mass is 249 g/mol. The van der Waals surface area contributed by atoms with E-state index in [2.05, 4.69) is 4.98 Å². The molecule has 0 bridgehead atoms. The summed E-state index contributed by atoms with van der Waals surface area (Å²) in [6, 6.07) is 3.25. The lowest BCUT2D eigenvalue weighted by Crippen LogP contribution is -2.10. The van der Waals surface area contributed by atoms with E-state index in [0.29, 0.717) is 17.8 Å². The highest BCUT2D eigenvalue weighted by Gasteiger charge is 2.18. The molecule has 0 aliphatic heterocycles. The molecule has 0 aliphatic carbocycles. The maximum Gasteiger partial charge on any atom is 0.296 e. The number of nitrogens with one attached hydrogen (secondary N) is 1. The number of aromatic nitrogens is 1. The molecule has 0 spiro atoms. The van der Waals surface area contributed by atoms with Crippen LogP contribution in [0.4, 0.5) is 5.69 Å². The van der Waals surface area contributed by atoms with Crippen molar-refractivity contribution in [2.45, 2.75) is 6.54 Å². The molecule has 0 atom stereocenters. The minimum atomic E-state index is -0.402. The van der Waals surface area contributed by atoms with Crippen LogP contribution in [0.2, 0.25) is 0 Å². The molecule has 0 radical (unpaired) electrons. The molecule has 2 aromatic rings. The molecular formula is C12H15N3O3. The first kappa shape index (κ1) is 12.4. The van der Waals surface area contributed by atoms with Crippen molar-refractivity contribution >= 4 is 16.6 Å². The maximum atomic E-state index is 11.0. The van der Waals surface area contributed by atoms with Gasteiger partial charge in [-0.05, 0) is 25.7 Å². The van der Waals surface area contributed by atoms with Crippen LogP contribution in [0.3, 0.4) is 0 Å². The van der Waals surface area contributed by atoms with Crippen LogP contribution in [0, 0.1) is 10.1 Å². The number of benzene rings is 1. The van der Waals surface area contributed by atoms with Gasteiger partial charge in [-0.15, -0.1) is 0 Å². The molecule has 0 aliphatic rings. The molecule has 0 saturated carbocycles. The maximum absolute atomic E-state index is 11.0. The number of ether oxygens (including phenoxy) is 1. The molecule has 0 unspecified atom stereocenters. The van der Waals surface area contributed by atoms with Crippen molar-refractivity contribution in [1.29, 1.82) is 0 Å². The molecule has 0 amide bonds. The molecule has 1 heterocycles. The van der Waals surface area contributed by atoms with Gasteiger partial charge in [0, 0.05) is 18.1 Å². The van der Waals surface area contributed by atoms with Crippen LogP contribution < -0.4 is 4.74 Å². The summed E-state index contributed by atoms with van der Waals surface area (Å²) in [5.74, 6) is 0.494. The zero-order valence-electron chi connectivity index (χ0n) is 10.6. The van der Waals surface area contributed by atoms with Gasteiger partial charge in [0.2, 0.25) is 0 Å². The number of non-ortho nitro benzene ring substituents is 1. The number of rotatable bonds is 4. The Morgan fingerprint density at radius 1 is 1.44 bits per heavy atom. The van der Waals surface area contributed by atoms with Crippen molar-refractivity contribution in [2.24, 2.45) is 0 Å². The summed E-state index contributed by atoms with van der Waals surface area (Å²) in [5, 5.41) is 11.9. The van der Waals surface area contributed by atoms with Gasteiger partial charge in [0.15, 0.2) is 0 Å². The third kappa shape index (κ3) is 2.14. The smallest absolute Gasteiger partial charge is 0.296 e. The number of fused-ring (bicyclic) bond motifs is 1. The Balaban J connectivity index is 2.65. The first-order chi connectivity index (χ1) is 8.52. The standard InChI is InChI=1S/C12H15N3O3/c1-14(2)7-8-6-13-12-10(8)4-9(18-3)5-11(12)15(16)17/h4-6,13H,7H2,1-3H3. The average Bonchev–Trinajstić information content (AvgIpc) is 2.70. The Morgan fingerprint density at radius 2 is 2.17 bits per heavy atom. The van der Waals surface area contributed by atoms with Crippen LogP contribution in [0.1, 0.15) is 5.56 Å². The molecule has 2 rings (SSSR count). The van der Waals surface area contributed by atoms with Crippen molar-refractivity contribution < 1.29 is 9.66 Å². The number of hydrogen-bond acceptors (Lipinski definition) is 4. The summed E-state index contributed by atoms with van der Waals surface area (Å²) in [7, 11) is 5.41. The second-order valence-electron chi connectivity index (χ2n) is 4.38. The fourth-order valence-corrected chi connectivity index (χ4v) is 1.98. The normalized spacial score (nSPS) is 11.1. The van der Waals surface area contributed by atoms with Gasteiger partial charge in [0.05, 0.1) is 18.1 Å². The predicted octanol–water partition coefficient (Wildman–Crippen LogP) is 2.15. The number of nitrogens with zero attached hydrogens (tertiary/aromatic N) is 2. The third-order valence-electron chi connectivity index (χ3n) is 2.75. The number of H-pyrrole nitrogens is 1. The van der Waals surface area contributed by atoms with Gasteiger partial charge in [0.25, 0.3) is 5.69 Å². The van der Waals surface area contributed by atoms with E-state index in [1.54, 1.807) is 6.20 Å². The summed E-state index contributed by atoms with van der Waals surface area (Å²) >= 11 is 0. The van der Waals surface area contributed by atoms with Crippen LogP contribution in [0.5, 0.6) is 5.75 Å². The number of nitro groups is 1. The fraction of sp³-hybridized carbons (Fsp3) is 0.333. The van der Waals surface area contributed by atoms with Crippen LogP contribution in [-0.2, 0) is 6.54 Å². The molecule has 18 heavy (non-hydrogen) atoms.